The minimum Gasteiger partial charge on any atom is -0.339 e. The van der Waals surface area contributed by atoms with Crippen LogP contribution in [0.4, 0.5) is 0 Å². The van der Waals surface area contributed by atoms with Crippen LogP contribution in [-0.2, 0) is 21.7 Å². The molecule has 0 atom stereocenters. The van der Waals surface area contributed by atoms with Gasteiger partial charge in [0.15, 0.2) is 0 Å². The zero-order valence-corrected chi connectivity index (χ0v) is 8.18. The fourth-order valence-electron chi connectivity index (χ4n) is 0. The van der Waals surface area contributed by atoms with E-state index in [9.17, 15) is 0 Å². The van der Waals surface area contributed by atoms with Gasteiger partial charge in [-0.3, -0.25) is 0 Å². The largest absolute Gasteiger partial charge is 0.339 e. The van der Waals surface area contributed by atoms with Crippen molar-refractivity contribution in [1.29, 1.82) is 0 Å². The molecule has 1 radical (unpaired) electrons. The summed E-state index contributed by atoms with van der Waals surface area (Å²) in [5.74, 6) is 0. The van der Waals surface area contributed by atoms with Gasteiger partial charge in [0, 0.05) is 27.3 Å². The molecule has 0 aromatic carbocycles. The minimum atomic E-state index is 0. The van der Waals surface area contributed by atoms with Crippen molar-refractivity contribution in [2.45, 2.75) is 26.3 Å². The first kappa shape index (κ1) is 10.8. The van der Waals surface area contributed by atoms with Crippen LogP contribution >= 0.6 is 0 Å². The molecule has 1 nitrogen and oxygen atoms in total. The third-order valence-corrected chi connectivity index (χ3v) is 1.59. The molecule has 0 aliphatic carbocycles. The van der Waals surface area contributed by atoms with Crippen molar-refractivity contribution in [3.63, 3.8) is 0 Å². The van der Waals surface area contributed by atoms with Crippen molar-refractivity contribution < 1.29 is 21.7 Å². The standard InChI is InChI=1S/C4H12NSi.Ti/c1-4(2,3)5-6;/h5H,6H2,1-3H3;. The van der Waals surface area contributed by atoms with Crippen molar-refractivity contribution in [2.24, 2.45) is 0 Å². The molecular formula is C4H12NSiTi. The molecule has 0 aliphatic rings. The summed E-state index contributed by atoms with van der Waals surface area (Å²) in [7, 11) is 1.79. The Bertz CT molecular complexity index is 41.4. The Balaban J connectivity index is 0. The smallest absolute Gasteiger partial charge is 0.0938 e. The SMILES string of the molecule is CC(C)(C)N[SiH2].[Ti]. The molecule has 0 spiro atoms. The summed E-state index contributed by atoms with van der Waals surface area (Å²) < 4.78 is 0. The average molecular weight is 150 g/mol. The first-order chi connectivity index (χ1) is 2.56. The van der Waals surface area contributed by atoms with Crippen LogP contribution in [0.25, 0.3) is 0 Å². The Morgan fingerprint density at radius 3 is 1.43 bits per heavy atom. The van der Waals surface area contributed by atoms with Gasteiger partial charge < -0.3 is 4.98 Å². The van der Waals surface area contributed by atoms with E-state index in [0.29, 0.717) is 5.54 Å². The Labute approximate surface area is 63.6 Å². The fraction of sp³-hybridized carbons (Fsp3) is 1.00. The van der Waals surface area contributed by atoms with Gasteiger partial charge in [-0.1, -0.05) is 0 Å². The molecule has 0 rings (SSSR count). The predicted octanol–water partition coefficient (Wildman–Crippen LogP) is -0.0799. The fourth-order valence-corrected chi connectivity index (χ4v) is 0. The number of hydrogen-bond donors (Lipinski definition) is 1. The maximum Gasteiger partial charge on any atom is 0.0938 e. The molecule has 0 saturated heterocycles. The Kier molecular flexibility index (Phi) is 5.92. The quantitative estimate of drug-likeness (QED) is 0.476. The molecule has 0 amide bonds. The summed E-state index contributed by atoms with van der Waals surface area (Å²) in [5.41, 5.74) is 0.304. The van der Waals surface area contributed by atoms with Gasteiger partial charge in [0.2, 0.25) is 0 Å². The second kappa shape index (κ2) is 3.84. The molecule has 0 aliphatic heterocycles. The molecule has 0 fully saturated rings. The van der Waals surface area contributed by atoms with Crippen molar-refractivity contribution in [3.8, 4) is 0 Å². The molecule has 0 unspecified atom stereocenters. The van der Waals surface area contributed by atoms with Gasteiger partial charge in [-0.15, -0.1) is 0 Å². The Hall–Kier alpha value is 0.891. The molecule has 0 heterocycles. The first-order valence-electron chi connectivity index (χ1n) is 2.10. The van der Waals surface area contributed by atoms with Crippen molar-refractivity contribution in [1.82, 2.24) is 4.98 Å². The van der Waals surface area contributed by atoms with Crippen molar-refractivity contribution in [2.75, 3.05) is 0 Å². The minimum absolute atomic E-state index is 0. The van der Waals surface area contributed by atoms with Gasteiger partial charge in [-0.2, -0.15) is 0 Å². The van der Waals surface area contributed by atoms with Crippen LogP contribution in [0.2, 0.25) is 0 Å². The van der Waals surface area contributed by atoms with Crippen LogP contribution in [-0.4, -0.2) is 15.9 Å². The van der Waals surface area contributed by atoms with E-state index < -0.39 is 0 Å². The van der Waals surface area contributed by atoms with Gasteiger partial charge in [-0.25, -0.2) is 0 Å². The monoisotopic (exact) mass is 150 g/mol. The van der Waals surface area contributed by atoms with Gasteiger partial charge in [0.1, 0.15) is 0 Å². The van der Waals surface area contributed by atoms with Crippen LogP contribution < -0.4 is 4.98 Å². The van der Waals surface area contributed by atoms with E-state index in [-0.39, 0.29) is 21.7 Å². The van der Waals surface area contributed by atoms with Crippen LogP contribution in [0.3, 0.4) is 0 Å². The molecular weight excluding hydrogens is 138 g/mol. The van der Waals surface area contributed by atoms with E-state index in [1.807, 2.05) is 0 Å². The van der Waals surface area contributed by atoms with Crippen LogP contribution in [0.1, 0.15) is 20.8 Å². The van der Waals surface area contributed by atoms with E-state index in [1.165, 1.54) is 0 Å². The maximum atomic E-state index is 3.13. The van der Waals surface area contributed by atoms with E-state index in [1.54, 1.807) is 10.4 Å². The summed E-state index contributed by atoms with van der Waals surface area (Å²) in [6, 6.07) is 0. The third kappa shape index (κ3) is 10.9. The number of nitrogens with one attached hydrogen (secondary N) is 1. The van der Waals surface area contributed by atoms with Crippen molar-refractivity contribution >= 4 is 10.4 Å². The second-order valence-electron chi connectivity index (χ2n) is 2.43. The Morgan fingerprint density at radius 1 is 1.29 bits per heavy atom. The number of rotatable bonds is 0. The van der Waals surface area contributed by atoms with Crippen LogP contribution in [0.15, 0.2) is 0 Å². The first-order valence-corrected chi connectivity index (χ1v) is 2.81. The molecule has 0 aromatic heterocycles. The maximum absolute atomic E-state index is 3.13. The summed E-state index contributed by atoms with van der Waals surface area (Å²) in [5, 5.41) is 0. The summed E-state index contributed by atoms with van der Waals surface area (Å²) in [4.78, 5) is 3.13. The van der Waals surface area contributed by atoms with Crippen molar-refractivity contribution in [3.05, 3.63) is 0 Å². The Morgan fingerprint density at radius 2 is 1.43 bits per heavy atom. The number of hydrogen-bond acceptors (Lipinski definition) is 1. The van der Waals surface area contributed by atoms with Gasteiger partial charge >= 0.3 is 0 Å². The average Bonchev–Trinajstić information content (AvgIpc) is 1.35. The zero-order chi connectivity index (χ0) is 5.21. The van der Waals surface area contributed by atoms with E-state index in [0.717, 1.165) is 0 Å². The summed E-state index contributed by atoms with van der Waals surface area (Å²) >= 11 is 0. The van der Waals surface area contributed by atoms with E-state index in [4.69, 9.17) is 0 Å². The molecule has 41 valence electrons. The molecule has 0 saturated carbocycles. The summed E-state index contributed by atoms with van der Waals surface area (Å²) in [6.45, 7) is 6.42. The molecule has 0 aromatic rings. The predicted molar refractivity (Wildman–Crippen MR) is 31.4 cm³/mol. The van der Waals surface area contributed by atoms with Gasteiger partial charge in [0.05, 0.1) is 10.4 Å². The molecule has 3 heteroatoms. The van der Waals surface area contributed by atoms with E-state index >= 15 is 0 Å². The van der Waals surface area contributed by atoms with Crippen LogP contribution in [0, 0.1) is 0 Å². The van der Waals surface area contributed by atoms with Gasteiger partial charge in [-0.05, 0) is 20.8 Å². The van der Waals surface area contributed by atoms with Crippen LogP contribution in [0.5, 0.6) is 0 Å². The van der Waals surface area contributed by atoms with Gasteiger partial charge in [0.25, 0.3) is 0 Å². The molecule has 1 N–H and O–H groups in total. The topological polar surface area (TPSA) is 12.0 Å². The molecule has 0 bridgehead atoms. The van der Waals surface area contributed by atoms with E-state index in [2.05, 4.69) is 25.8 Å². The second-order valence-corrected chi connectivity index (χ2v) is 2.78. The third-order valence-electron chi connectivity index (χ3n) is 0.530. The zero-order valence-electron chi connectivity index (χ0n) is 5.21. The normalized spacial score (nSPS) is 10.3. The molecule has 7 heavy (non-hydrogen) atoms. The summed E-state index contributed by atoms with van der Waals surface area (Å²) in [6.07, 6.45) is 0.